The van der Waals surface area contributed by atoms with Gasteiger partial charge in [-0.25, -0.2) is 0 Å². The molecule has 0 aromatic heterocycles. The van der Waals surface area contributed by atoms with E-state index in [2.05, 4.69) is 37.4 Å². The van der Waals surface area contributed by atoms with E-state index >= 15 is 0 Å². The van der Waals surface area contributed by atoms with Crippen molar-refractivity contribution in [2.24, 2.45) is 0 Å². The number of anilines is 2. The number of aryl methyl sites for hydroxylation is 2. The first-order valence-electron chi connectivity index (χ1n) is 7.87. The standard InChI is InChI=1S/C18H21N3O2S/c1-4-13-7-6-8-14(5-2)17(13)19-18(24)20(3)15-9-11-16(12-10-15)21(22)23/h6-12H,4-5H2,1-3H3,(H,19,24). The number of hydrogen-bond donors (Lipinski definition) is 1. The fourth-order valence-corrected chi connectivity index (χ4v) is 2.72. The van der Waals surface area contributed by atoms with Gasteiger partial charge in [0.05, 0.1) is 4.92 Å². The van der Waals surface area contributed by atoms with Crippen molar-refractivity contribution in [1.82, 2.24) is 0 Å². The van der Waals surface area contributed by atoms with Crippen LogP contribution in [0.15, 0.2) is 42.5 Å². The van der Waals surface area contributed by atoms with Gasteiger partial charge in [0.2, 0.25) is 0 Å². The lowest BCUT2D eigenvalue weighted by molar-refractivity contribution is -0.384. The van der Waals surface area contributed by atoms with Gasteiger partial charge in [-0.1, -0.05) is 32.0 Å². The highest BCUT2D eigenvalue weighted by Gasteiger charge is 2.13. The van der Waals surface area contributed by atoms with E-state index in [0.29, 0.717) is 5.11 Å². The summed E-state index contributed by atoms with van der Waals surface area (Å²) in [5.41, 5.74) is 4.35. The van der Waals surface area contributed by atoms with Gasteiger partial charge < -0.3 is 10.2 Å². The van der Waals surface area contributed by atoms with E-state index in [4.69, 9.17) is 12.2 Å². The second-order valence-electron chi connectivity index (χ2n) is 5.42. The molecular formula is C18H21N3O2S. The van der Waals surface area contributed by atoms with Crippen LogP contribution in [0.3, 0.4) is 0 Å². The molecule has 5 nitrogen and oxygen atoms in total. The number of rotatable bonds is 5. The summed E-state index contributed by atoms with van der Waals surface area (Å²) in [5, 5.41) is 14.6. The number of thiocarbonyl (C=S) groups is 1. The third-order valence-corrected chi connectivity index (χ3v) is 4.36. The van der Waals surface area contributed by atoms with Gasteiger partial charge in [0.1, 0.15) is 0 Å². The molecule has 0 unspecified atom stereocenters. The zero-order valence-electron chi connectivity index (χ0n) is 14.1. The van der Waals surface area contributed by atoms with Gasteiger partial charge in [0, 0.05) is 30.6 Å². The Bertz CT molecular complexity index is 722. The zero-order valence-corrected chi connectivity index (χ0v) is 14.9. The molecule has 0 atom stereocenters. The second-order valence-corrected chi connectivity index (χ2v) is 5.81. The van der Waals surface area contributed by atoms with Crippen LogP contribution in [-0.2, 0) is 12.8 Å². The monoisotopic (exact) mass is 343 g/mol. The SMILES string of the molecule is CCc1cccc(CC)c1NC(=S)N(C)c1ccc([N+](=O)[O-])cc1. The number of nitro benzene ring substituents is 1. The van der Waals surface area contributed by atoms with Crippen LogP contribution in [0, 0.1) is 10.1 Å². The van der Waals surface area contributed by atoms with E-state index in [9.17, 15) is 10.1 Å². The second kappa shape index (κ2) is 7.88. The van der Waals surface area contributed by atoms with Gasteiger partial charge in [0.15, 0.2) is 5.11 Å². The molecule has 1 N–H and O–H groups in total. The maximum atomic E-state index is 10.8. The number of para-hydroxylation sites is 1. The Morgan fingerprint density at radius 3 is 2.12 bits per heavy atom. The molecule has 2 aromatic rings. The quantitative estimate of drug-likeness (QED) is 0.490. The molecule has 0 aliphatic heterocycles. The van der Waals surface area contributed by atoms with Crippen molar-refractivity contribution in [2.45, 2.75) is 26.7 Å². The number of hydrogen-bond acceptors (Lipinski definition) is 3. The number of nitrogens with zero attached hydrogens (tertiary/aromatic N) is 2. The zero-order chi connectivity index (χ0) is 17.7. The van der Waals surface area contributed by atoms with Crippen molar-refractivity contribution < 1.29 is 4.92 Å². The first-order chi connectivity index (χ1) is 11.5. The van der Waals surface area contributed by atoms with Gasteiger partial charge in [-0.05, 0) is 48.3 Å². The lowest BCUT2D eigenvalue weighted by Crippen LogP contribution is -2.31. The molecule has 0 bridgehead atoms. The third-order valence-electron chi connectivity index (χ3n) is 3.98. The molecule has 0 saturated carbocycles. The van der Waals surface area contributed by atoms with E-state index in [1.807, 2.05) is 11.9 Å². The van der Waals surface area contributed by atoms with Gasteiger partial charge in [-0.2, -0.15) is 0 Å². The van der Waals surface area contributed by atoms with Gasteiger partial charge in [-0.15, -0.1) is 0 Å². The Morgan fingerprint density at radius 2 is 1.67 bits per heavy atom. The molecule has 0 saturated heterocycles. The maximum Gasteiger partial charge on any atom is 0.269 e. The molecule has 2 rings (SSSR count). The lowest BCUT2D eigenvalue weighted by atomic mass is 10.0. The van der Waals surface area contributed by atoms with Crippen LogP contribution in [0.25, 0.3) is 0 Å². The first kappa shape index (κ1) is 17.9. The molecule has 0 amide bonds. The Hall–Kier alpha value is -2.47. The largest absolute Gasteiger partial charge is 0.332 e. The predicted octanol–water partition coefficient (Wildman–Crippen LogP) is 4.55. The average molecular weight is 343 g/mol. The number of benzene rings is 2. The molecule has 0 spiro atoms. The van der Waals surface area contributed by atoms with Crippen molar-refractivity contribution in [3.8, 4) is 0 Å². The summed E-state index contributed by atoms with van der Waals surface area (Å²) in [6.45, 7) is 4.23. The molecule has 0 heterocycles. The highest BCUT2D eigenvalue weighted by molar-refractivity contribution is 7.80. The van der Waals surface area contributed by atoms with E-state index in [-0.39, 0.29) is 5.69 Å². The fourth-order valence-electron chi connectivity index (χ4n) is 2.51. The summed E-state index contributed by atoms with van der Waals surface area (Å²) in [5.74, 6) is 0. The molecule has 0 radical (unpaired) electrons. The van der Waals surface area contributed by atoms with Crippen LogP contribution in [0.4, 0.5) is 17.1 Å². The van der Waals surface area contributed by atoms with Crippen LogP contribution >= 0.6 is 12.2 Å². The summed E-state index contributed by atoms with van der Waals surface area (Å²) in [7, 11) is 1.84. The van der Waals surface area contributed by atoms with Gasteiger partial charge in [0.25, 0.3) is 5.69 Å². The topological polar surface area (TPSA) is 58.4 Å². The third kappa shape index (κ3) is 3.89. The molecular weight excluding hydrogens is 322 g/mol. The minimum Gasteiger partial charge on any atom is -0.332 e. The van der Waals surface area contributed by atoms with Crippen LogP contribution in [-0.4, -0.2) is 17.1 Å². The Kier molecular flexibility index (Phi) is 5.87. The summed E-state index contributed by atoms with van der Waals surface area (Å²) < 4.78 is 0. The van der Waals surface area contributed by atoms with Crippen LogP contribution in [0.1, 0.15) is 25.0 Å². The number of nitro groups is 1. The summed E-state index contributed by atoms with van der Waals surface area (Å²) in [6, 6.07) is 12.6. The normalized spacial score (nSPS) is 10.3. The van der Waals surface area contributed by atoms with Gasteiger partial charge in [-0.3, -0.25) is 10.1 Å². The highest BCUT2D eigenvalue weighted by Crippen LogP contribution is 2.24. The Morgan fingerprint density at radius 1 is 1.12 bits per heavy atom. The summed E-state index contributed by atoms with van der Waals surface area (Å²) in [6.07, 6.45) is 1.83. The van der Waals surface area contributed by atoms with Gasteiger partial charge >= 0.3 is 0 Å². The molecule has 126 valence electrons. The Balaban J connectivity index is 2.22. The summed E-state index contributed by atoms with van der Waals surface area (Å²) in [4.78, 5) is 12.2. The molecule has 0 fully saturated rings. The molecule has 0 aliphatic carbocycles. The molecule has 2 aromatic carbocycles. The smallest absolute Gasteiger partial charge is 0.269 e. The highest BCUT2D eigenvalue weighted by atomic mass is 32.1. The van der Waals surface area contributed by atoms with E-state index in [1.165, 1.54) is 23.3 Å². The minimum absolute atomic E-state index is 0.0654. The first-order valence-corrected chi connectivity index (χ1v) is 8.28. The fraction of sp³-hybridized carbons (Fsp3) is 0.278. The van der Waals surface area contributed by atoms with Crippen molar-refractivity contribution >= 4 is 34.4 Å². The number of nitrogens with one attached hydrogen (secondary N) is 1. The van der Waals surface area contributed by atoms with Crippen LogP contribution in [0.2, 0.25) is 0 Å². The van der Waals surface area contributed by atoms with Crippen molar-refractivity contribution in [3.63, 3.8) is 0 Å². The Labute approximate surface area is 147 Å². The lowest BCUT2D eigenvalue weighted by Gasteiger charge is -2.23. The maximum absolute atomic E-state index is 10.8. The van der Waals surface area contributed by atoms with Crippen LogP contribution in [0.5, 0.6) is 0 Å². The van der Waals surface area contributed by atoms with E-state index in [0.717, 1.165) is 24.2 Å². The molecule has 24 heavy (non-hydrogen) atoms. The van der Waals surface area contributed by atoms with Crippen LogP contribution < -0.4 is 10.2 Å². The van der Waals surface area contributed by atoms with Crippen molar-refractivity contribution in [1.29, 1.82) is 0 Å². The van der Waals surface area contributed by atoms with Crippen molar-refractivity contribution in [2.75, 3.05) is 17.3 Å². The van der Waals surface area contributed by atoms with E-state index < -0.39 is 4.92 Å². The molecule has 0 aliphatic rings. The summed E-state index contributed by atoms with van der Waals surface area (Å²) >= 11 is 5.52. The molecule has 6 heteroatoms. The average Bonchev–Trinajstić information content (AvgIpc) is 2.61. The number of non-ortho nitro benzene ring substituents is 1. The van der Waals surface area contributed by atoms with E-state index in [1.54, 1.807) is 12.1 Å². The van der Waals surface area contributed by atoms with Crippen molar-refractivity contribution in [3.05, 3.63) is 63.7 Å². The minimum atomic E-state index is -0.411. The predicted molar refractivity (Wildman–Crippen MR) is 103 cm³/mol.